The molecule has 0 aromatic heterocycles. The summed E-state index contributed by atoms with van der Waals surface area (Å²) in [5.41, 5.74) is 0.478. The van der Waals surface area contributed by atoms with Gasteiger partial charge in [0.25, 0.3) is 0 Å². The SMILES string of the molecule is O=Cc1ccc(Cl)cc1N1CC=C(C(F)(F)F)CC1. The summed E-state index contributed by atoms with van der Waals surface area (Å²) in [5, 5.41) is 0.450. The van der Waals surface area contributed by atoms with Crippen molar-refractivity contribution in [1.29, 1.82) is 0 Å². The van der Waals surface area contributed by atoms with E-state index < -0.39 is 11.7 Å². The normalized spacial score (nSPS) is 16.2. The number of anilines is 1. The number of hydrogen-bond donors (Lipinski definition) is 0. The van der Waals surface area contributed by atoms with Gasteiger partial charge in [0.1, 0.15) is 0 Å². The zero-order valence-corrected chi connectivity index (χ0v) is 10.6. The first-order valence-electron chi connectivity index (χ1n) is 5.67. The minimum Gasteiger partial charge on any atom is -0.367 e. The monoisotopic (exact) mass is 289 g/mol. The Morgan fingerprint density at radius 1 is 1.32 bits per heavy atom. The van der Waals surface area contributed by atoms with Gasteiger partial charge >= 0.3 is 6.18 Å². The summed E-state index contributed by atoms with van der Waals surface area (Å²) in [6.45, 7) is 0.336. The molecule has 0 atom stereocenters. The van der Waals surface area contributed by atoms with Crippen LogP contribution in [-0.2, 0) is 0 Å². The Labute approximate surface area is 113 Å². The van der Waals surface area contributed by atoms with Crippen LogP contribution in [0.15, 0.2) is 29.8 Å². The van der Waals surface area contributed by atoms with Crippen LogP contribution < -0.4 is 4.90 Å². The first-order chi connectivity index (χ1) is 8.91. The van der Waals surface area contributed by atoms with Gasteiger partial charge in [-0.3, -0.25) is 4.79 Å². The van der Waals surface area contributed by atoms with E-state index in [1.807, 2.05) is 0 Å². The Bertz CT molecular complexity index is 525. The molecule has 1 aliphatic heterocycles. The molecule has 0 bridgehead atoms. The molecule has 1 aromatic rings. The molecule has 2 nitrogen and oxygen atoms in total. The second kappa shape index (κ2) is 5.25. The average molecular weight is 290 g/mol. The summed E-state index contributed by atoms with van der Waals surface area (Å²) < 4.78 is 37.5. The second-order valence-electron chi connectivity index (χ2n) is 4.24. The molecular weight excluding hydrogens is 279 g/mol. The fourth-order valence-corrected chi connectivity index (χ4v) is 2.20. The minimum atomic E-state index is -4.27. The minimum absolute atomic E-state index is 0.0890. The highest BCUT2D eigenvalue weighted by atomic mass is 35.5. The fourth-order valence-electron chi connectivity index (χ4n) is 2.04. The molecule has 0 saturated carbocycles. The molecule has 0 saturated heterocycles. The van der Waals surface area contributed by atoms with Gasteiger partial charge in [-0.2, -0.15) is 13.2 Å². The molecule has 0 unspecified atom stereocenters. The van der Waals surface area contributed by atoms with E-state index in [9.17, 15) is 18.0 Å². The quantitative estimate of drug-likeness (QED) is 0.609. The summed E-state index contributed by atoms with van der Waals surface area (Å²) in [7, 11) is 0. The molecule has 0 spiro atoms. The molecule has 0 amide bonds. The molecule has 6 heteroatoms. The van der Waals surface area contributed by atoms with Crippen molar-refractivity contribution in [1.82, 2.24) is 0 Å². The highest BCUT2D eigenvalue weighted by molar-refractivity contribution is 6.31. The molecule has 0 radical (unpaired) electrons. The van der Waals surface area contributed by atoms with E-state index in [-0.39, 0.29) is 19.5 Å². The first-order valence-corrected chi connectivity index (χ1v) is 6.05. The number of nitrogens with zero attached hydrogens (tertiary/aromatic N) is 1. The van der Waals surface area contributed by atoms with Crippen LogP contribution >= 0.6 is 11.6 Å². The highest BCUT2D eigenvalue weighted by Crippen LogP contribution is 2.32. The van der Waals surface area contributed by atoms with Crippen molar-refractivity contribution in [2.45, 2.75) is 12.6 Å². The molecule has 2 rings (SSSR count). The fraction of sp³-hybridized carbons (Fsp3) is 0.308. The number of hydrogen-bond acceptors (Lipinski definition) is 2. The topological polar surface area (TPSA) is 20.3 Å². The molecule has 0 N–H and O–H groups in total. The molecule has 0 fully saturated rings. The van der Waals surface area contributed by atoms with Crippen LogP contribution in [0.4, 0.5) is 18.9 Å². The summed E-state index contributed by atoms with van der Waals surface area (Å²) in [5.74, 6) is 0. The summed E-state index contributed by atoms with van der Waals surface area (Å²) in [6, 6.07) is 4.74. The molecule has 19 heavy (non-hydrogen) atoms. The summed E-state index contributed by atoms with van der Waals surface area (Å²) in [4.78, 5) is 12.7. The van der Waals surface area contributed by atoms with Gasteiger partial charge in [-0.1, -0.05) is 17.7 Å². The maximum absolute atomic E-state index is 12.5. The lowest BCUT2D eigenvalue weighted by molar-refractivity contribution is -0.0944. The Morgan fingerprint density at radius 3 is 2.58 bits per heavy atom. The molecule has 102 valence electrons. The highest BCUT2D eigenvalue weighted by Gasteiger charge is 2.34. The van der Waals surface area contributed by atoms with Gasteiger partial charge in [0.2, 0.25) is 0 Å². The maximum atomic E-state index is 12.5. The molecule has 1 aromatic carbocycles. The largest absolute Gasteiger partial charge is 0.412 e. The Balaban J connectivity index is 2.25. The van der Waals surface area contributed by atoms with Crippen LogP contribution in [-0.4, -0.2) is 25.6 Å². The van der Waals surface area contributed by atoms with Crippen LogP contribution in [0.5, 0.6) is 0 Å². The van der Waals surface area contributed by atoms with Crippen LogP contribution in [0, 0.1) is 0 Å². The molecule has 0 aliphatic carbocycles. The van der Waals surface area contributed by atoms with Crippen LogP contribution in [0.2, 0.25) is 5.02 Å². The number of carbonyl (C=O) groups excluding carboxylic acids is 1. The van der Waals surface area contributed by atoms with Gasteiger partial charge in [0.05, 0.1) is 0 Å². The third kappa shape index (κ3) is 3.10. The third-order valence-electron chi connectivity index (χ3n) is 3.03. The van der Waals surface area contributed by atoms with Crippen molar-refractivity contribution in [3.8, 4) is 0 Å². The number of benzene rings is 1. The lowest BCUT2D eigenvalue weighted by atomic mass is 10.1. The van der Waals surface area contributed by atoms with E-state index >= 15 is 0 Å². The van der Waals surface area contributed by atoms with Crippen molar-refractivity contribution < 1.29 is 18.0 Å². The van der Waals surface area contributed by atoms with Gasteiger partial charge in [0.15, 0.2) is 6.29 Å². The number of rotatable bonds is 2. The second-order valence-corrected chi connectivity index (χ2v) is 4.68. The van der Waals surface area contributed by atoms with Gasteiger partial charge in [-0.05, 0) is 24.6 Å². The first kappa shape index (κ1) is 13.9. The van der Waals surface area contributed by atoms with E-state index in [1.165, 1.54) is 0 Å². The van der Waals surface area contributed by atoms with E-state index in [2.05, 4.69) is 0 Å². The van der Waals surface area contributed by atoms with Crippen LogP contribution in [0.25, 0.3) is 0 Å². The standard InChI is InChI=1S/C13H11ClF3NO/c14-11-2-1-9(8-19)12(7-11)18-5-3-10(4-6-18)13(15,16)17/h1-3,7-8H,4-6H2. The number of aldehydes is 1. The zero-order valence-electron chi connectivity index (χ0n) is 9.88. The van der Waals surface area contributed by atoms with E-state index in [0.717, 1.165) is 6.08 Å². The predicted molar refractivity (Wildman–Crippen MR) is 67.8 cm³/mol. The summed E-state index contributed by atoms with van der Waals surface area (Å²) in [6.07, 6.45) is -2.53. The Hall–Kier alpha value is -1.49. The Kier molecular flexibility index (Phi) is 3.85. The lowest BCUT2D eigenvalue weighted by Gasteiger charge is -2.30. The summed E-state index contributed by atoms with van der Waals surface area (Å²) >= 11 is 5.86. The average Bonchev–Trinajstić information content (AvgIpc) is 2.38. The van der Waals surface area contributed by atoms with E-state index in [4.69, 9.17) is 11.6 Å². The van der Waals surface area contributed by atoms with Gasteiger partial charge < -0.3 is 4.90 Å². The van der Waals surface area contributed by atoms with E-state index in [0.29, 0.717) is 22.6 Å². The number of halogens is 4. The predicted octanol–water partition coefficient (Wildman–Crippen LogP) is 3.85. The van der Waals surface area contributed by atoms with Crippen molar-refractivity contribution in [2.24, 2.45) is 0 Å². The van der Waals surface area contributed by atoms with Gasteiger partial charge in [-0.25, -0.2) is 0 Å². The van der Waals surface area contributed by atoms with Gasteiger partial charge in [-0.15, -0.1) is 0 Å². The van der Waals surface area contributed by atoms with Crippen molar-refractivity contribution >= 4 is 23.6 Å². The van der Waals surface area contributed by atoms with Crippen molar-refractivity contribution in [3.05, 3.63) is 40.4 Å². The maximum Gasteiger partial charge on any atom is 0.412 e. The van der Waals surface area contributed by atoms with Gasteiger partial charge in [0, 0.05) is 34.9 Å². The number of carbonyl (C=O) groups is 1. The van der Waals surface area contributed by atoms with E-state index in [1.54, 1.807) is 23.1 Å². The van der Waals surface area contributed by atoms with Crippen LogP contribution in [0.1, 0.15) is 16.8 Å². The lowest BCUT2D eigenvalue weighted by Crippen LogP contribution is -2.32. The molecule has 1 aliphatic rings. The third-order valence-corrected chi connectivity index (χ3v) is 3.27. The van der Waals surface area contributed by atoms with Crippen molar-refractivity contribution in [2.75, 3.05) is 18.0 Å². The molecular formula is C13H11ClF3NO. The smallest absolute Gasteiger partial charge is 0.367 e. The Morgan fingerprint density at radius 2 is 2.05 bits per heavy atom. The molecule has 1 heterocycles. The number of alkyl halides is 3. The van der Waals surface area contributed by atoms with Crippen molar-refractivity contribution in [3.63, 3.8) is 0 Å². The van der Waals surface area contributed by atoms with Crippen LogP contribution in [0.3, 0.4) is 0 Å². The zero-order chi connectivity index (χ0) is 14.0.